The Morgan fingerprint density at radius 3 is 1.37 bits per heavy atom. The molecule has 1 fully saturated rings. The molecule has 59 heavy (non-hydrogen) atoms. The van der Waals surface area contributed by atoms with E-state index < -0.39 is 43.4 Å². The predicted octanol–water partition coefficient (Wildman–Crippen LogP) is 12.0. The van der Waals surface area contributed by atoms with E-state index in [4.69, 9.17) is 18.9 Å². The van der Waals surface area contributed by atoms with Crippen molar-refractivity contribution in [2.75, 3.05) is 26.4 Å². The standard InChI is InChI=1S/C50H96O9/c1-3-5-7-9-11-13-15-16-17-18-19-20-21-22-23-24-25-26-27-28-29-31-33-35-37-39-46(52)58-44(43-57-50-49(55)48(54)47(53)45(41-51)59-50)42-56-40-38-36-34-32-30-14-12-10-8-6-4-2/h18-19,44-45,47-51,53-55H,3-17,20-43H2,1-2H3/b19-18-. The van der Waals surface area contributed by atoms with Crippen LogP contribution < -0.4 is 0 Å². The minimum absolute atomic E-state index is 0.107. The lowest BCUT2D eigenvalue weighted by molar-refractivity contribution is -0.305. The molecule has 1 heterocycles. The molecule has 0 aliphatic carbocycles. The van der Waals surface area contributed by atoms with Gasteiger partial charge in [0.05, 0.1) is 19.8 Å². The molecule has 0 saturated carbocycles. The van der Waals surface area contributed by atoms with Crippen LogP contribution in [0.4, 0.5) is 0 Å². The summed E-state index contributed by atoms with van der Waals surface area (Å²) >= 11 is 0. The van der Waals surface area contributed by atoms with Gasteiger partial charge in [-0.25, -0.2) is 0 Å². The summed E-state index contributed by atoms with van der Waals surface area (Å²) in [6, 6.07) is 0. The molecule has 0 amide bonds. The zero-order valence-electron chi connectivity index (χ0n) is 38.5. The normalized spacial score (nSPS) is 20.1. The van der Waals surface area contributed by atoms with Crippen molar-refractivity contribution in [2.24, 2.45) is 0 Å². The van der Waals surface area contributed by atoms with Gasteiger partial charge in [0.25, 0.3) is 0 Å². The number of ether oxygens (including phenoxy) is 4. The van der Waals surface area contributed by atoms with Crippen molar-refractivity contribution in [3.05, 3.63) is 12.2 Å². The lowest BCUT2D eigenvalue weighted by Crippen LogP contribution is -2.59. The molecule has 6 atom stereocenters. The summed E-state index contributed by atoms with van der Waals surface area (Å²) in [5, 5.41) is 40.1. The minimum Gasteiger partial charge on any atom is -0.457 e. The predicted molar refractivity (Wildman–Crippen MR) is 243 cm³/mol. The summed E-state index contributed by atoms with van der Waals surface area (Å²) < 4.78 is 22.8. The maximum atomic E-state index is 12.8. The molecule has 0 spiro atoms. The van der Waals surface area contributed by atoms with E-state index in [0.717, 1.165) is 32.1 Å². The van der Waals surface area contributed by atoms with Crippen LogP contribution in [-0.2, 0) is 23.7 Å². The number of unbranched alkanes of at least 4 members (excludes halogenated alkanes) is 31. The summed E-state index contributed by atoms with van der Waals surface area (Å²) in [6.45, 7) is 4.59. The summed E-state index contributed by atoms with van der Waals surface area (Å²) in [5.41, 5.74) is 0. The van der Waals surface area contributed by atoms with Gasteiger partial charge in [0.2, 0.25) is 0 Å². The Kier molecular flexibility index (Phi) is 40.1. The van der Waals surface area contributed by atoms with E-state index >= 15 is 0 Å². The van der Waals surface area contributed by atoms with E-state index in [0.29, 0.717) is 13.0 Å². The number of carbonyl (C=O) groups is 1. The Hall–Kier alpha value is -1.07. The minimum atomic E-state index is -1.53. The molecule has 0 aromatic heterocycles. The molecule has 1 rings (SSSR count). The Labute approximate surface area is 363 Å². The van der Waals surface area contributed by atoms with Crippen LogP contribution in [0.2, 0.25) is 0 Å². The lowest BCUT2D eigenvalue weighted by Gasteiger charge is -2.39. The van der Waals surface area contributed by atoms with Gasteiger partial charge in [-0.05, 0) is 38.5 Å². The highest BCUT2D eigenvalue weighted by Crippen LogP contribution is 2.23. The summed E-state index contributed by atoms with van der Waals surface area (Å²) in [4.78, 5) is 12.8. The molecule has 1 aliphatic rings. The van der Waals surface area contributed by atoms with Crippen LogP contribution in [0.1, 0.15) is 239 Å². The number of aliphatic hydroxyl groups excluding tert-OH is 4. The highest BCUT2D eigenvalue weighted by Gasteiger charge is 2.44. The monoisotopic (exact) mass is 841 g/mol. The summed E-state index contributed by atoms with van der Waals surface area (Å²) in [6.07, 6.45) is 41.1. The van der Waals surface area contributed by atoms with Gasteiger partial charge in [0, 0.05) is 13.0 Å². The maximum absolute atomic E-state index is 12.8. The van der Waals surface area contributed by atoms with E-state index in [1.807, 2.05) is 0 Å². The third-order valence-corrected chi connectivity index (χ3v) is 11.9. The molecular weight excluding hydrogens is 745 g/mol. The van der Waals surface area contributed by atoms with Crippen molar-refractivity contribution in [2.45, 2.75) is 275 Å². The van der Waals surface area contributed by atoms with Gasteiger partial charge < -0.3 is 39.4 Å². The molecule has 0 radical (unpaired) electrons. The van der Waals surface area contributed by atoms with Gasteiger partial charge >= 0.3 is 5.97 Å². The first-order valence-corrected chi connectivity index (χ1v) is 25.3. The number of esters is 1. The second kappa shape index (κ2) is 42.2. The third-order valence-electron chi connectivity index (χ3n) is 11.9. The van der Waals surface area contributed by atoms with Crippen molar-refractivity contribution in [3.8, 4) is 0 Å². The van der Waals surface area contributed by atoms with Crippen molar-refractivity contribution >= 4 is 5.97 Å². The van der Waals surface area contributed by atoms with Crippen LogP contribution in [0.3, 0.4) is 0 Å². The van der Waals surface area contributed by atoms with Crippen molar-refractivity contribution in [3.63, 3.8) is 0 Å². The fourth-order valence-electron chi connectivity index (χ4n) is 7.96. The quantitative estimate of drug-likeness (QED) is 0.0269. The molecule has 9 heteroatoms. The number of aliphatic hydroxyl groups is 4. The lowest BCUT2D eigenvalue weighted by atomic mass is 9.99. The average Bonchev–Trinajstić information content (AvgIpc) is 3.24. The van der Waals surface area contributed by atoms with E-state index in [1.54, 1.807) is 0 Å². The summed E-state index contributed by atoms with van der Waals surface area (Å²) in [5.74, 6) is -0.309. The molecule has 1 aliphatic heterocycles. The smallest absolute Gasteiger partial charge is 0.306 e. The van der Waals surface area contributed by atoms with Gasteiger partial charge in [-0.15, -0.1) is 0 Å². The first-order chi connectivity index (χ1) is 28.9. The largest absolute Gasteiger partial charge is 0.457 e. The van der Waals surface area contributed by atoms with Crippen LogP contribution in [0.5, 0.6) is 0 Å². The van der Waals surface area contributed by atoms with Gasteiger partial charge in [-0.2, -0.15) is 0 Å². The topological polar surface area (TPSA) is 135 Å². The first-order valence-electron chi connectivity index (χ1n) is 25.3. The molecule has 9 nitrogen and oxygen atoms in total. The summed E-state index contributed by atoms with van der Waals surface area (Å²) in [7, 11) is 0. The van der Waals surface area contributed by atoms with Crippen LogP contribution in [0.15, 0.2) is 12.2 Å². The van der Waals surface area contributed by atoms with Gasteiger partial charge in [0.15, 0.2) is 6.29 Å². The highest BCUT2D eigenvalue weighted by molar-refractivity contribution is 5.69. The number of allylic oxidation sites excluding steroid dienone is 2. The fourth-order valence-corrected chi connectivity index (χ4v) is 7.96. The average molecular weight is 841 g/mol. The van der Waals surface area contributed by atoms with E-state index in [9.17, 15) is 25.2 Å². The van der Waals surface area contributed by atoms with Gasteiger partial charge in [-0.1, -0.05) is 206 Å². The highest BCUT2D eigenvalue weighted by atomic mass is 16.7. The zero-order chi connectivity index (χ0) is 42.9. The molecule has 4 N–H and O–H groups in total. The fraction of sp³-hybridized carbons (Fsp3) is 0.940. The van der Waals surface area contributed by atoms with Crippen LogP contribution in [0.25, 0.3) is 0 Å². The molecule has 0 bridgehead atoms. The molecule has 0 aromatic carbocycles. The molecule has 0 aromatic rings. The second-order valence-electron chi connectivity index (χ2n) is 17.6. The zero-order valence-corrected chi connectivity index (χ0v) is 38.5. The van der Waals surface area contributed by atoms with Crippen LogP contribution in [0, 0.1) is 0 Å². The van der Waals surface area contributed by atoms with Crippen molar-refractivity contribution in [1.82, 2.24) is 0 Å². The van der Waals surface area contributed by atoms with Crippen LogP contribution >= 0.6 is 0 Å². The second-order valence-corrected chi connectivity index (χ2v) is 17.6. The maximum Gasteiger partial charge on any atom is 0.306 e. The van der Waals surface area contributed by atoms with Crippen LogP contribution in [-0.4, -0.2) is 89.6 Å². The SMILES string of the molecule is CCCCCCCCCC/C=C\CCCCCCCCCCCCCCCC(=O)OC(COCCCCCCCCCCCCC)COC1OC(CO)C(O)C(O)C1O. The van der Waals surface area contributed by atoms with E-state index in [2.05, 4.69) is 26.0 Å². The number of hydrogen-bond donors (Lipinski definition) is 4. The number of hydrogen-bond acceptors (Lipinski definition) is 9. The Balaban J connectivity index is 2.13. The Bertz CT molecular complexity index is 915. The van der Waals surface area contributed by atoms with Crippen molar-refractivity contribution < 1.29 is 44.2 Å². The van der Waals surface area contributed by atoms with E-state index in [1.165, 1.54) is 186 Å². The van der Waals surface area contributed by atoms with Gasteiger partial charge in [0.1, 0.15) is 30.5 Å². The number of carbonyl (C=O) groups excluding carboxylic acids is 1. The molecule has 1 saturated heterocycles. The Morgan fingerprint density at radius 2 is 0.932 bits per heavy atom. The number of rotatable bonds is 44. The van der Waals surface area contributed by atoms with Gasteiger partial charge in [-0.3, -0.25) is 4.79 Å². The molecular formula is C50H96O9. The molecule has 350 valence electrons. The van der Waals surface area contributed by atoms with Crippen molar-refractivity contribution in [1.29, 1.82) is 0 Å². The Morgan fingerprint density at radius 1 is 0.525 bits per heavy atom. The molecule has 6 unspecified atom stereocenters. The van der Waals surface area contributed by atoms with E-state index in [-0.39, 0.29) is 19.2 Å². The first kappa shape index (κ1) is 55.9. The third kappa shape index (κ3) is 33.2.